The fourth-order valence-electron chi connectivity index (χ4n) is 3.83. The van der Waals surface area contributed by atoms with Crippen LogP contribution in [-0.2, 0) is 16.1 Å². The number of nitrogens with zero attached hydrogens (tertiary/aromatic N) is 1. The first kappa shape index (κ1) is 23.6. The van der Waals surface area contributed by atoms with Crippen LogP contribution in [0.15, 0.2) is 53.4 Å². The topological polar surface area (TPSA) is 49.4 Å². The molecule has 4 nitrogen and oxygen atoms in total. The second-order valence-electron chi connectivity index (χ2n) is 7.80. The van der Waals surface area contributed by atoms with Gasteiger partial charge in [0, 0.05) is 22.5 Å². The lowest BCUT2D eigenvalue weighted by Crippen LogP contribution is -2.51. The summed E-state index contributed by atoms with van der Waals surface area (Å²) < 4.78 is 13.3. The van der Waals surface area contributed by atoms with Crippen LogP contribution >= 0.6 is 23.4 Å². The van der Waals surface area contributed by atoms with Gasteiger partial charge in [0.25, 0.3) is 0 Å². The maximum Gasteiger partial charge on any atom is 0.243 e. The van der Waals surface area contributed by atoms with E-state index in [0.29, 0.717) is 11.4 Å². The SMILES string of the molecule is CC[C@@H](C(=O)NC1CCCC1)N(Cc1ccc(F)cc1)C(=O)CSc1ccc(Cl)cc1. The monoisotopic (exact) mass is 462 g/mol. The molecule has 7 heteroatoms. The molecule has 0 bridgehead atoms. The molecule has 1 aliphatic carbocycles. The third kappa shape index (κ3) is 6.97. The zero-order valence-corrected chi connectivity index (χ0v) is 19.2. The molecule has 0 aromatic heterocycles. The van der Waals surface area contributed by atoms with Gasteiger partial charge in [-0.1, -0.05) is 43.5 Å². The van der Waals surface area contributed by atoms with Crippen molar-refractivity contribution in [2.45, 2.75) is 62.6 Å². The van der Waals surface area contributed by atoms with Crippen molar-refractivity contribution in [1.29, 1.82) is 0 Å². The van der Waals surface area contributed by atoms with E-state index in [0.717, 1.165) is 36.1 Å². The van der Waals surface area contributed by atoms with Crippen LogP contribution in [0.3, 0.4) is 0 Å². The summed E-state index contributed by atoms with van der Waals surface area (Å²) in [6, 6.07) is 13.0. The van der Waals surface area contributed by atoms with Gasteiger partial charge >= 0.3 is 0 Å². The van der Waals surface area contributed by atoms with Crippen LogP contribution in [0.2, 0.25) is 5.02 Å². The van der Waals surface area contributed by atoms with Crippen LogP contribution in [0.1, 0.15) is 44.6 Å². The standard InChI is InChI=1S/C24H28ClFN2O2S/c1-2-22(24(30)27-20-5-3-4-6-20)28(15-17-7-11-19(26)12-8-17)23(29)16-31-21-13-9-18(25)10-14-21/h7-14,20,22H,2-6,15-16H2,1H3,(H,27,30)/t22-/m0/s1. The van der Waals surface area contributed by atoms with Crippen LogP contribution < -0.4 is 5.32 Å². The number of carbonyl (C=O) groups is 2. The molecule has 31 heavy (non-hydrogen) atoms. The Kier molecular flexibility index (Phi) is 8.79. The lowest BCUT2D eigenvalue weighted by molar-refractivity contribution is -0.139. The van der Waals surface area contributed by atoms with Crippen molar-refractivity contribution >= 4 is 35.2 Å². The van der Waals surface area contributed by atoms with E-state index in [4.69, 9.17) is 11.6 Å². The summed E-state index contributed by atoms with van der Waals surface area (Å²) >= 11 is 7.35. The number of rotatable bonds is 9. The summed E-state index contributed by atoms with van der Waals surface area (Å²) in [4.78, 5) is 28.8. The first-order chi connectivity index (χ1) is 15.0. The van der Waals surface area contributed by atoms with E-state index in [2.05, 4.69) is 5.32 Å². The largest absolute Gasteiger partial charge is 0.352 e. The summed E-state index contributed by atoms with van der Waals surface area (Å²) in [5.74, 6) is -0.360. The van der Waals surface area contributed by atoms with Crippen molar-refractivity contribution in [3.8, 4) is 0 Å². The van der Waals surface area contributed by atoms with Crippen molar-refractivity contribution < 1.29 is 14.0 Å². The number of thioether (sulfide) groups is 1. The number of halogens is 2. The van der Waals surface area contributed by atoms with Crippen molar-refractivity contribution in [3.63, 3.8) is 0 Å². The fraction of sp³-hybridized carbons (Fsp3) is 0.417. The second-order valence-corrected chi connectivity index (χ2v) is 9.29. The first-order valence-electron chi connectivity index (χ1n) is 10.7. The molecular weight excluding hydrogens is 435 g/mol. The van der Waals surface area contributed by atoms with E-state index in [9.17, 15) is 14.0 Å². The van der Waals surface area contributed by atoms with E-state index in [1.807, 2.05) is 19.1 Å². The molecule has 0 heterocycles. The van der Waals surface area contributed by atoms with Gasteiger partial charge in [0.05, 0.1) is 5.75 Å². The lowest BCUT2D eigenvalue weighted by Gasteiger charge is -2.31. The molecule has 2 amide bonds. The van der Waals surface area contributed by atoms with Gasteiger partial charge in [0.1, 0.15) is 11.9 Å². The number of carbonyl (C=O) groups excluding carboxylic acids is 2. The number of nitrogens with one attached hydrogen (secondary N) is 1. The molecule has 1 aliphatic rings. The first-order valence-corrected chi connectivity index (χ1v) is 12.0. The van der Waals surface area contributed by atoms with E-state index >= 15 is 0 Å². The molecule has 3 rings (SSSR count). The van der Waals surface area contributed by atoms with E-state index in [-0.39, 0.29) is 36.0 Å². The van der Waals surface area contributed by atoms with E-state index in [1.54, 1.807) is 29.2 Å². The third-order valence-corrected chi connectivity index (χ3v) is 6.78. The summed E-state index contributed by atoms with van der Waals surface area (Å²) in [6.45, 7) is 2.17. The summed E-state index contributed by atoms with van der Waals surface area (Å²) in [5, 5.41) is 3.77. The molecule has 2 aromatic rings. The fourth-order valence-corrected chi connectivity index (χ4v) is 4.74. The highest BCUT2D eigenvalue weighted by Crippen LogP contribution is 2.23. The smallest absolute Gasteiger partial charge is 0.243 e. The summed E-state index contributed by atoms with van der Waals surface area (Å²) in [5.41, 5.74) is 0.790. The zero-order valence-electron chi connectivity index (χ0n) is 17.7. The zero-order chi connectivity index (χ0) is 22.2. The highest BCUT2D eigenvalue weighted by Gasteiger charge is 2.30. The molecular formula is C24H28ClFN2O2S. The molecule has 0 spiro atoms. The highest BCUT2D eigenvalue weighted by molar-refractivity contribution is 8.00. The number of amides is 2. The molecule has 0 aliphatic heterocycles. The Morgan fingerprint density at radius 1 is 1.13 bits per heavy atom. The van der Waals surface area contributed by atoms with Crippen LogP contribution in [-0.4, -0.2) is 34.6 Å². The van der Waals surface area contributed by atoms with E-state index < -0.39 is 6.04 Å². The van der Waals surface area contributed by atoms with Crippen molar-refractivity contribution in [2.75, 3.05) is 5.75 Å². The second kappa shape index (κ2) is 11.5. The Balaban J connectivity index is 1.74. The lowest BCUT2D eigenvalue weighted by atomic mass is 10.1. The Morgan fingerprint density at radius 2 is 1.77 bits per heavy atom. The van der Waals surface area contributed by atoms with Gasteiger partial charge in [-0.05, 0) is 61.2 Å². The molecule has 1 N–H and O–H groups in total. The molecule has 2 aromatic carbocycles. The molecule has 0 unspecified atom stereocenters. The Morgan fingerprint density at radius 3 is 2.39 bits per heavy atom. The van der Waals surface area contributed by atoms with Crippen LogP contribution in [0.5, 0.6) is 0 Å². The highest BCUT2D eigenvalue weighted by atomic mass is 35.5. The van der Waals surface area contributed by atoms with Gasteiger partial charge in [-0.25, -0.2) is 4.39 Å². The molecule has 0 radical (unpaired) electrons. The van der Waals surface area contributed by atoms with Crippen molar-refractivity contribution in [1.82, 2.24) is 10.2 Å². The van der Waals surface area contributed by atoms with Gasteiger partial charge in [-0.15, -0.1) is 11.8 Å². The van der Waals surface area contributed by atoms with Gasteiger partial charge in [-0.3, -0.25) is 9.59 Å². The minimum Gasteiger partial charge on any atom is -0.352 e. The van der Waals surface area contributed by atoms with Gasteiger partial charge in [-0.2, -0.15) is 0 Å². The number of hydrogen-bond donors (Lipinski definition) is 1. The van der Waals surface area contributed by atoms with Crippen molar-refractivity contribution in [2.24, 2.45) is 0 Å². The third-order valence-electron chi connectivity index (χ3n) is 5.53. The molecule has 166 valence electrons. The maximum atomic E-state index is 13.3. The minimum absolute atomic E-state index is 0.110. The van der Waals surface area contributed by atoms with Gasteiger partial charge in [0.2, 0.25) is 11.8 Å². The Labute approximate surface area is 192 Å². The normalized spacial score (nSPS) is 14.9. The van der Waals surface area contributed by atoms with Crippen LogP contribution in [0, 0.1) is 5.82 Å². The number of benzene rings is 2. The van der Waals surface area contributed by atoms with Crippen LogP contribution in [0.4, 0.5) is 4.39 Å². The minimum atomic E-state index is -0.566. The number of hydrogen-bond acceptors (Lipinski definition) is 3. The molecule has 1 fully saturated rings. The van der Waals surface area contributed by atoms with Crippen LogP contribution in [0.25, 0.3) is 0 Å². The average molecular weight is 463 g/mol. The molecule has 1 saturated carbocycles. The maximum absolute atomic E-state index is 13.3. The van der Waals surface area contributed by atoms with Gasteiger partial charge in [0.15, 0.2) is 0 Å². The molecule has 1 atom stereocenters. The summed E-state index contributed by atoms with van der Waals surface area (Å²) in [7, 11) is 0. The van der Waals surface area contributed by atoms with Gasteiger partial charge < -0.3 is 10.2 Å². The average Bonchev–Trinajstić information content (AvgIpc) is 3.27. The predicted molar refractivity (Wildman–Crippen MR) is 124 cm³/mol. The van der Waals surface area contributed by atoms with Crippen molar-refractivity contribution in [3.05, 3.63) is 64.9 Å². The molecule has 0 saturated heterocycles. The Hall–Kier alpha value is -2.05. The Bertz CT molecular complexity index is 870. The van der Waals surface area contributed by atoms with E-state index in [1.165, 1.54) is 23.9 Å². The quantitative estimate of drug-likeness (QED) is 0.505. The summed E-state index contributed by atoms with van der Waals surface area (Å²) in [6.07, 6.45) is 4.73. The predicted octanol–water partition coefficient (Wildman–Crippen LogP) is 5.44.